The Bertz CT molecular complexity index is 1160. The molecule has 7 heteroatoms. The van der Waals surface area contributed by atoms with E-state index in [1.165, 1.54) is 47.7 Å². The largest absolute Gasteiger partial charge is 0.301 e. The zero-order valence-electron chi connectivity index (χ0n) is 16.0. The van der Waals surface area contributed by atoms with Gasteiger partial charge in [0.25, 0.3) is 0 Å². The van der Waals surface area contributed by atoms with Gasteiger partial charge < -0.3 is 5.32 Å². The first kappa shape index (κ1) is 19.8. The topological polar surface area (TPSA) is 54.9 Å². The van der Waals surface area contributed by atoms with Gasteiger partial charge in [-0.2, -0.15) is 0 Å². The maximum absolute atomic E-state index is 13.8. The van der Waals surface area contributed by atoms with Crippen molar-refractivity contribution < 1.29 is 13.6 Å². The monoisotopic (exact) mass is 421 g/mol. The average Bonchev–Trinajstić information content (AvgIpc) is 3.17. The molecule has 30 heavy (non-hydrogen) atoms. The molecule has 0 atom stereocenters. The molecule has 0 aliphatic carbocycles. The van der Waals surface area contributed by atoms with Crippen LogP contribution in [-0.2, 0) is 4.79 Å². The van der Waals surface area contributed by atoms with E-state index >= 15 is 0 Å². The molecule has 2 heterocycles. The minimum absolute atomic E-state index is 0.398. The van der Waals surface area contributed by atoms with Crippen LogP contribution in [0.5, 0.6) is 0 Å². The van der Waals surface area contributed by atoms with Crippen LogP contribution in [0, 0.1) is 18.6 Å². The fourth-order valence-corrected chi connectivity index (χ4v) is 4.00. The van der Waals surface area contributed by atoms with Crippen LogP contribution in [0.2, 0.25) is 0 Å². The second-order valence-corrected chi connectivity index (χ2v) is 7.84. The number of hydrogen-bond donors (Lipinski definition) is 1. The van der Waals surface area contributed by atoms with E-state index in [4.69, 9.17) is 0 Å². The van der Waals surface area contributed by atoms with Crippen LogP contribution in [0.15, 0.2) is 73.2 Å². The lowest BCUT2D eigenvalue weighted by molar-refractivity contribution is -0.116. The van der Waals surface area contributed by atoms with Gasteiger partial charge >= 0.3 is 0 Å². The molecule has 0 radical (unpaired) electrons. The summed E-state index contributed by atoms with van der Waals surface area (Å²) in [7, 11) is 0. The van der Waals surface area contributed by atoms with Crippen molar-refractivity contribution in [3.63, 3.8) is 0 Å². The van der Waals surface area contributed by atoms with Gasteiger partial charge in [-0.05, 0) is 53.9 Å². The predicted octanol–water partition coefficient (Wildman–Crippen LogP) is 5.56. The average molecular weight is 421 g/mol. The highest BCUT2D eigenvalue weighted by Crippen LogP contribution is 2.31. The first-order valence-electron chi connectivity index (χ1n) is 9.19. The molecular formula is C23H17F2N3OS. The second kappa shape index (κ2) is 8.51. The molecule has 1 N–H and O–H groups in total. The van der Waals surface area contributed by atoms with E-state index in [2.05, 4.69) is 15.3 Å². The number of carbonyl (C=O) groups is 1. The highest BCUT2D eigenvalue weighted by atomic mass is 32.1. The lowest BCUT2D eigenvalue weighted by Gasteiger charge is -2.17. The molecule has 0 bridgehead atoms. The maximum atomic E-state index is 13.8. The van der Waals surface area contributed by atoms with Gasteiger partial charge in [0.15, 0.2) is 5.13 Å². The molecule has 0 aliphatic rings. The van der Waals surface area contributed by atoms with Crippen molar-refractivity contribution in [1.82, 2.24) is 9.97 Å². The van der Waals surface area contributed by atoms with E-state index in [1.807, 2.05) is 13.0 Å². The van der Waals surface area contributed by atoms with Crippen LogP contribution in [0.3, 0.4) is 0 Å². The number of aryl methyl sites for hydroxylation is 1. The summed E-state index contributed by atoms with van der Waals surface area (Å²) >= 11 is 1.31. The minimum Gasteiger partial charge on any atom is -0.301 e. The highest BCUT2D eigenvalue weighted by Gasteiger charge is 2.25. The molecule has 0 saturated carbocycles. The molecule has 2 aromatic carbocycles. The SMILES string of the molecule is Cc1cncc(-c2cnc(NC(=O)C(c3cccc(F)c3)c3cccc(F)c3)s2)c1. The first-order valence-corrected chi connectivity index (χ1v) is 10.0. The van der Waals surface area contributed by atoms with E-state index < -0.39 is 23.5 Å². The normalized spacial score (nSPS) is 10.9. The van der Waals surface area contributed by atoms with E-state index in [0.717, 1.165) is 16.0 Å². The predicted molar refractivity (Wildman–Crippen MR) is 113 cm³/mol. The summed E-state index contributed by atoms with van der Waals surface area (Å²) in [4.78, 5) is 22.4. The molecule has 4 nitrogen and oxygen atoms in total. The minimum atomic E-state index is -0.885. The van der Waals surface area contributed by atoms with Gasteiger partial charge in [-0.1, -0.05) is 35.6 Å². The number of nitrogens with zero attached hydrogens (tertiary/aromatic N) is 2. The molecule has 1 amide bonds. The Morgan fingerprint density at radius 3 is 2.23 bits per heavy atom. The summed E-state index contributed by atoms with van der Waals surface area (Å²) < 4.78 is 27.6. The molecule has 0 aliphatic heterocycles. The second-order valence-electron chi connectivity index (χ2n) is 6.81. The smallest absolute Gasteiger partial charge is 0.238 e. The van der Waals surface area contributed by atoms with Crippen molar-refractivity contribution >= 4 is 22.4 Å². The van der Waals surface area contributed by atoms with Crippen LogP contribution in [-0.4, -0.2) is 15.9 Å². The Morgan fingerprint density at radius 2 is 1.63 bits per heavy atom. The van der Waals surface area contributed by atoms with Gasteiger partial charge in [0.2, 0.25) is 5.91 Å². The number of halogens is 2. The van der Waals surface area contributed by atoms with Gasteiger partial charge in [0.1, 0.15) is 11.6 Å². The number of amides is 1. The molecular weight excluding hydrogens is 404 g/mol. The van der Waals surface area contributed by atoms with E-state index in [9.17, 15) is 13.6 Å². The molecule has 4 rings (SSSR count). The molecule has 0 spiro atoms. The van der Waals surface area contributed by atoms with E-state index in [-0.39, 0.29) is 0 Å². The van der Waals surface area contributed by atoms with Crippen molar-refractivity contribution in [2.24, 2.45) is 0 Å². The van der Waals surface area contributed by atoms with Gasteiger partial charge in [0.05, 0.1) is 10.8 Å². The number of nitrogens with one attached hydrogen (secondary N) is 1. The standard InChI is InChI=1S/C23H17F2N3OS/c1-14-8-17(12-26-11-14)20-13-27-23(30-20)28-22(29)21(15-4-2-6-18(24)9-15)16-5-3-7-19(25)10-16/h2-13,21H,1H3,(H,27,28,29). The summed E-state index contributed by atoms with van der Waals surface area (Å²) in [6, 6.07) is 13.5. The highest BCUT2D eigenvalue weighted by molar-refractivity contribution is 7.19. The van der Waals surface area contributed by atoms with Crippen LogP contribution in [0.1, 0.15) is 22.6 Å². The Hall–Kier alpha value is -3.45. The molecule has 2 aromatic heterocycles. The molecule has 0 unspecified atom stereocenters. The van der Waals surface area contributed by atoms with Crippen LogP contribution < -0.4 is 5.32 Å². The Balaban J connectivity index is 1.64. The lowest BCUT2D eigenvalue weighted by Crippen LogP contribution is -2.22. The Kier molecular flexibility index (Phi) is 5.63. The number of hydrogen-bond acceptors (Lipinski definition) is 4. The van der Waals surface area contributed by atoms with Gasteiger partial charge in [-0.15, -0.1) is 0 Å². The molecule has 0 fully saturated rings. The number of benzene rings is 2. The Morgan fingerprint density at radius 1 is 0.967 bits per heavy atom. The summed E-state index contributed by atoms with van der Waals surface area (Å²) in [5.41, 5.74) is 2.78. The number of pyridine rings is 1. The number of anilines is 1. The summed E-state index contributed by atoms with van der Waals surface area (Å²) in [5, 5.41) is 3.18. The molecule has 0 saturated heterocycles. The van der Waals surface area contributed by atoms with Gasteiger partial charge in [-0.25, -0.2) is 13.8 Å². The zero-order chi connectivity index (χ0) is 21.1. The number of rotatable bonds is 5. The van der Waals surface area contributed by atoms with Crippen molar-refractivity contribution in [1.29, 1.82) is 0 Å². The third-order valence-corrected chi connectivity index (χ3v) is 5.48. The fourth-order valence-electron chi connectivity index (χ4n) is 3.20. The number of thiazole rings is 1. The summed E-state index contributed by atoms with van der Waals surface area (Å²) in [6.45, 7) is 1.95. The van der Waals surface area contributed by atoms with E-state index in [0.29, 0.717) is 16.3 Å². The number of carbonyl (C=O) groups excluding carboxylic acids is 1. The van der Waals surface area contributed by atoms with Crippen molar-refractivity contribution in [3.8, 4) is 10.4 Å². The quantitative estimate of drug-likeness (QED) is 0.459. The fraction of sp³-hybridized carbons (Fsp3) is 0.0870. The summed E-state index contributed by atoms with van der Waals surface area (Å²) in [6.07, 6.45) is 5.15. The summed E-state index contributed by atoms with van der Waals surface area (Å²) in [5.74, 6) is -2.24. The van der Waals surface area contributed by atoms with Crippen LogP contribution >= 0.6 is 11.3 Å². The van der Waals surface area contributed by atoms with Gasteiger partial charge in [-0.3, -0.25) is 9.78 Å². The third kappa shape index (κ3) is 4.41. The van der Waals surface area contributed by atoms with Crippen molar-refractivity contribution in [2.45, 2.75) is 12.8 Å². The molecule has 150 valence electrons. The number of aromatic nitrogens is 2. The Labute approximate surface area is 176 Å². The van der Waals surface area contributed by atoms with E-state index in [1.54, 1.807) is 30.7 Å². The maximum Gasteiger partial charge on any atom is 0.238 e. The first-order chi connectivity index (χ1) is 14.5. The third-order valence-electron chi connectivity index (χ3n) is 4.52. The lowest BCUT2D eigenvalue weighted by atomic mass is 9.90. The van der Waals surface area contributed by atoms with Crippen LogP contribution in [0.4, 0.5) is 13.9 Å². The van der Waals surface area contributed by atoms with Crippen molar-refractivity contribution in [3.05, 3.63) is 102 Å². The molecule has 4 aromatic rings. The van der Waals surface area contributed by atoms with Crippen molar-refractivity contribution in [2.75, 3.05) is 5.32 Å². The van der Waals surface area contributed by atoms with Gasteiger partial charge in [0, 0.05) is 24.2 Å². The van der Waals surface area contributed by atoms with Crippen LogP contribution in [0.25, 0.3) is 10.4 Å². The zero-order valence-corrected chi connectivity index (χ0v) is 16.8.